The molecule has 2 aromatic rings. The number of amides is 2. The van der Waals surface area contributed by atoms with Crippen LogP contribution in [0.2, 0.25) is 0 Å². The average Bonchev–Trinajstić information content (AvgIpc) is 3.03. The van der Waals surface area contributed by atoms with Gasteiger partial charge < -0.3 is 25.1 Å². The molecule has 1 saturated heterocycles. The summed E-state index contributed by atoms with van der Waals surface area (Å²) in [5.74, 6) is 0.614. The molecule has 2 amide bonds. The number of nitrogens with two attached hydrogens (primary N) is 1. The molecule has 0 radical (unpaired) electrons. The van der Waals surface area contributed by atoms with Crippen LogP contribution in [-0.4, -0.2) is 53.3 Å². The van der Waals surface area contributed by atoms with Crippen LogP contribution >= 0.6 is 0 Å². The van der Waals surface area contributed by atoms with E-state index in [1.807, 2.05) is 0 Å². The van der Waals surface area contributed by atoms with E-state index in [0.717, 1.165) is 4.90 Å². The van der Waals surface area contributed by atoms with Crippen molar-refractivity contribution in [2.75, 3.05) is 23.4 Å². The summed E-state index contributed by atoms with van der Waals surface area (Å²) < 4.78 is 39.5. The van der Waals surface area contributed by atoms with Crippen molar-refractivity contribution in [2.45, 2.75) is 38.4 Å². The zero-order chi connectivity index (χ0) is 21.4. The lowest BCUT2D eigenvalue weighted by Gasteiger charge is -2.32. The summed E-state index contributed by atoms with van der Waals surface area (Å²) in [7, 11) is 0. The Kier molecular flexibility index (Phi) is 5.18. The van der Waals surface area contributed by atoms with Crippen molar-refractivity contribution < 1.29 is 27.8 Å². The maximum Gasteiger partial charge on any atom is 0.415 e. The van der Waals surface area contributed by atoms with Crippen molar-refractivity contribution in [1.29, 1.82) is 0 Å². The number of aromatic nitrogens is 2. The fourth-order valence-corrected chi connectivity index (χ4v) is 3.50. The summed E-state index contributed by atoms with van der Waals surface area (Å²) in [5.41, 5.74) is 6.56. The first-order valence-electron chi connectivity index (χ1n) is 9.49. The number of alkyl halides is 2. The second kappa shape index (κ2) is 7.81. The van der Waals surface area contributed by atoms with E-state index in [-0.39, 0.29) is 18.8 Å². The van der Waals surface area contributed by atoms with Crippen molar-refractivity contribution >= 4 is 23.5 Å². The highest BCUT2D eigenvalue weighted by Crippen LogP contribution is 2.36. The molecule has 1 aromatic carbocycles. The number of hydrogen-bond donors (Lipinski definition) is 2. The van der Waals surface area contributed by atoms with Crippen LogP contribution in [0, 0.1) is 0 Å². The Morgan fingerprint density at radius 3 is 2.87 bits per heavy atom. The lowest BCUT2D eigenvalue weighted by Crippen LogP contribution is -2.49. The van der Waals surface area contributed by atoms with E-state index in [9.17, 15) is 18.4 Å². The molecular weight excluding hydrogens is 400 g/mol. The third kappa shape index (κ3) is 3.62. The van der Waals surface area contributed by atoms with Crippen LogP contribution in [0.1, 0.15) is 13.3 Å². The van der Waals surface area contributed by atoms with Crippen LogP contribution in [0.15, 0.2) is 24.4 Å². The lowest BCUT2D eigenvalue weighted by molar-refractivity contribution is -0.118. The Labute approximate surface area is 170 Å². The van der Waals surface area contributed by atoms with Gasteiger partial charge in [0.15, 0.2) is 5.82 Å². The maximum atomic E-state index is 13.5. The highest BCUT2D eigenvalue weighted by Gasteiger charge is 2.39. The van der Waals surface area contributed by atoms with Crippen LogP contribution in [0.5, 0.6) is 5.75 Å². The molecule has 160 valence electrons. The van der Waals surface area contributed by atoms with Crippen LogP contribution in [0.3, 0.4) is 0 Å². The van der Waals surface area contributed by atoms with Gasteiger partial charge in [0, 0.05) is 24.4 Å². The second-order valence-electron chi connectivity index (χ2n) is 7.12. The third-order valence-corrected chi connectivity index (χ3v) is 5.09. The third-order valence-electron chi connectivity index (χ3n) is 5.09. The zero-order valence-electron chi connectivity index (χ0n) is 16.2. The van der Waals surface area contributed by atoms with E-state index in [2.05, 4.69) is 10.3 Å². The maximum absolute atomic E-state index is 13.5. The molecule has 1 fully saturated rings. The number of imidazole rings is 1. The molecule has 3 heterocycles. The molecule has 0 aliphatic carbocycles. The van der Waals surface area contributed by atoms with Crippen molar-refractivity contribution in [3.8, 4) is 17.1 Å². The smallest absolute Gasteiger partial charge is 0.415 e. The molecule has 11 heteroatoms. The number of halogens is 2. The quantitative estimate of drug-likeness (QED) is 0.766. The van der Waals surface area contributed by atoms with Gasteiger partial charge in [-0.1, -0.05) is 0 Å². The van der Waals surface area contributed by atoms with Gasteiger partial charge in [0.25, 0.3) is 6.43 Å². The molecular formula is C19H21F2N5O4. The van der Waals surface area contributed by atoms with Crippen LogP contribution < -0.4 is 20.7 Å². The molecule has 2 aliphatic heterocycles. The Morgan fingerprint density at radius 2 is 2.13 bits per heavy atom. The van der Waals surface area contributed by atoms with Gasteiger partial charge >= 0.3 is 6.09 Å². The minimum Gasteiger partial charge on any atom is -0.491 e. The fourth-order valence-electron chi connectivity index (χ4n) is 3.50. The van der Waals surface area contributed by atoms with Gasteiger partial charge in [-0.25, -0.2) is 18.6 Å². The normalized spacial score (nSPS) is 19.3. The van der Waals surface area contributed by atoms with Crippen LogP contribution in [0.4, 0.5) is 25.1 Å². The number of fused-ring (bicyclic) bond motifs is 3. The highest BCUT2D eigenvalue weighted by molar-refractivity contribution is 5.88. The summed E-state index contributed by atoms with van der Waals surface area (Å²) in [5, 5.41) is 2.98. The van der Waals surface area contributed by atoms with Gasteiger partial charge in [0.2, 0.25) is 5.91 Å². The van der Waals surface area contributed by atoms with Gasteiger partial charge in [-0.3, -0.25) is 9.69 Å². The zero-order valence-corrected chi connectivity index (χ0v) is 16.2. The highest BCUT2D eigenvalue weighted by atomic mass is 19.3. The van der Waals surface area contributed by atoms with E-state index in [1.165, 1.54) is 0 Å². The number of benzene rings is 1. The van der Waals surface area contributed by atoms with Crippen LogP contribution in [-0.2, 0) is 16.1 Å². The Hall–Kier alpha value is -3.37. The summed E-state index contributed by atoms with van der Waals surface area (Å²) in [6.45, 7) is 2.33. The molecule has 0 saturated carbocycles. The number of primary amides is 1. The minimum absolute atomic E-state index is 0.0262. The van der Waals surface area contributed by atoms with Crippen LogP contribution in [0.25, 0.3) is 11.4 Å². The van der Waals surface area contributed by atoms with E-state index in [4.69, 9.17) is 15.2 Å². The topological polar surface area (TPSA) is 112 Å². The standard InChI is InChI=1S/C19H21F2N5O4/c1-10(17(22)27)23-11-2-3-12-14(8-11)29-7-5-25-9-15(24-18(12)25)26-13(16(20)21)4-6-30-19(26)28/h2-3,8-10,13,16,23H,4-7H2,1H3,(H2,22,27)/t10-,13-/m0/s1. The van der Waals surface area contributed by atoms with Crippen molar-refractivity contribution in [3.05, 3.63) is 24.4 Å². The summed E-state index contributed by atoms with van der Waals surface area (Å²) in [4.78, 5) is 28.8. The Morgan fingerprint density at radius 1 is 1.33 bits per heavy atom. The van der Waals surface area contributed by atoms with E-state index in [0.29, 0.717) is 36.0 Å². The number of cyclic esters (lactones) is 1. The van der Waals surface area contributed by atoms with Gasteiger partial charge in [0.05, 0.1) is 18.7 Å². The molecule has 0 spiro atoms. The van der Waals surface area contributed by atoms with Crippen molar-refractivity contribution in [3.63, 3.8) is 0 Å². The monoisotopic (exact) mass is 421 g/mol. The number of ether oxygens (including phenoxy) is 2. The Balaban J connectivity index is 1.69. The second-order valence-corrected chi connectivity index (χ2v) is 7.12. The number of carbonyl (C=O) groups is 2. The first-order valence-corrected chi connectivity index (χ1v) is 9.49. The molecule has 2 atom stereocenters. The summed E-state index contributed by atoms with van der Waals surface area (Å²) in [6, 6.07) is 3.35. The minimum atomic E-state index is -2.71. The van der Waals surface area contributed by atoms with E-state index >= 15 is 0 Å². The molecule has 4 rings (SSSR count). The first kappa shape index (κ1) is 19.9. The molecule has 1 aromatic heterocycles. The number of nitrogens with one attached hydrogen (secondary N) is 1. The molecule has 9 nitrogen and oxygen atoms in total. The van der Waals surface area contributed by atoms with E-state index in [1.54, 1.807) is 35.9 Å². The number of nitrogens with zero attached hydrogens (tertiary/aromatic N) is 3. The van der Waals surface area contributed by atoms with E-state index < -0.39 is 30.5 Å². The van der Waals surface area contributed by atoms with Gasteiger partial charge in [0.1, 0.15) is 30.3 Å². The largest absolute Gasteiger partial charge is 0.491 e. The molecule has 0 unspecified atom stereocenters. The first-order chi connectivity index (χ1) is 14.3. The number of hydrogen-bond acceptors (Lipinski definition) is 6. The Bertz CT molecular complexity index is 980. The van der Waals surface area contributed by atoms with Gasteiger partial charge in [-0.05, 0) is 19.1 Å². The molecule has 3 N–H and O–H groups in total. The van der Waals surface area contributed by atoms with Gasteiger partial charge in [-0.2, -0.15) is 0 Å². The van der Waals surface area contributed by atoms with Crippen molar-refractivity contribution in [2.24, 2.45) is 5.73 Å². The average molecular weight is 421 g/mol. The summed E-state index contributed by atoms with van der Waals surface area (Å²) in [6.07, 6.45) is -1.97. The molecule has 0 bridgehead atoms. The number of anilines is 2. The SMILES string of the molecule is C[C@H](Nc1ccc2c(c1)OCCn1cc(N3C(=O)OCC[C@H]3C(F)F)nc1-2)C(N)=O. The fraction of sp³-hybridized carbons (Fsp3) is 0.421. The lowest BCUT2D eigenvalue weighted by atomic mass is 10.1. The number of carbonyl (C=O) groups excluding carboxylic acids is 2. The predicted octanol–water partition coefficient (Wildman–Crippen LogP) is 2.21. The molecule has 30 heavy (non-hydrogen) atoms. The van der Waals surface area contributed by atoms with Crippen molar-refractivity contribution in [1.82, 2.24) is 9.55 Å². The number of rotatable bonds is 5. The molecule has 2 aliphatic rings. The summed E-state index contributed by atoms with van der Waals surface area (Å²) >= 11 is 0. The predicted molar refractivity (Wildman–Crippen MR) is 104 cm³/mol. The van der Waals surface area contributed by atoms with Gasteiger partial charge in [-0.15, -0.1) is 0 Å².